The van der Waals surface area contributed by atoms with E-state index in [1.165, 1.54) is 6.07 Å². The van der Waals surface area contributed by atoms with E-state index in [0.29, 0.717) is 6.54 Å². The molecule has 0 aliphatic heterocycles. The quantitative estimate of drug-likeness (QED) is 0.320. The highest BCUT2D eigenvalue weighted by Crippen LogP contribution is 2.37. The first kappa shape index (κ1) is 20.3. The fraction of sp³-hybridized carbons (Fsp3) is 0.125. The molecule has 0 saturated carbocycles. The predicted octanol–water partition coefficient (Wildman–Crippen LogP) is 6.72. The molecule has 0 atom stereocenters. The molecule has 0 amide bonds. The lowest BCUT2D eigenvalue weighted by molar-refractivity contribution is -0.0328. The molecular weight excluding hydrogens is 405 g/mol. The average molecular weight is 424 g/mol. The number of thioether (sulfide) groups is 1. The van der Waals surface area contributed by atoms with E-state index in [4.69, 9.17) is 0 Å². The van der Waals surface area contributed by atoms with Crippen LogP contribution in [-0.2, 0) is 6.54 Å². The third-order valence-corrected chi connectivity index (χ3v) is 5.48. The Hall–Kier alpha value is -2.99. The molecular formula is C24H19F3N2S. The lowest BCUT2D eigenvalue weighted by Crippen LogP contribution is -2.12. The van der Waals surface area contributed by atoms with E-state index in [1.54, 1.807) is 18.3 Å². The maximum absolute atomic E-state index is 12.7. The summed E-state index contributed by atoms with van der Waals surface area (Å²) < 4.78 is 40.2. The van der Waals surface area contributed by atoms with Gasteiger partial charge in [-0.3, -0.25) is 0 Å². The van der Waals surface area contributed by atoms with Gasteiger partial charge in [0.15, 0.2) is 0 Å². The highest BCUT2D eigenvalue weighted by Gasteiger charge is 2.29. The van der Waals surface area contributed by atoms with Crippen LogP contribution in [0.5, 0.6) is 0 Å². The fourth-order valence-corrected chi connectivity index (χ4v) is 4.16. The van der Waals surface area contributed by atoms with Gasteiger partial charge in [0.1, 0.15) is 5.82 Å². The van der Waals surface area contributed by atoms with Crippen molar-refractivity contribution in [2.75, 3.05) is 0 Å². The summed E-state index contributed by atoms with van der Waals surface area (Å²) in [4.78, 5) is 4.81. The molecule has 0 saturated heterocycles. The van der Waals surface area contributed by atoms with E-state index >= 15 is 0 Å². The number of hydrogen-bond donors (Lipinski definition) is 0. The molecule has 1 aromatic heterocycles. The summed E-state index contributed by atoms with van der Waals surface area (Å²) in [6, 6.07) is 26.8. The van der Waals surface area contributed by atoms with E-state index in [9.17, 15) is 13.2 Å². The second kappa shape index (κ2) is 8.79. The maximum Gasteiger partial charge on any atom is 0.446 e. The van der Waals surface area contributed by atoms with Gasteiger partial charge in [0.25, 0.3) is 0 Å². The monoisotopic (exact) mass is 424 g/mol. The van der Waals surface area contributed by atoms with Gasteiger partial charge in [0.2, 0.25) is 0 Å². The minimum absolute atomic E-state index is 0.0740. The Kier molecular flexibility index (Phi) is 5.95. The largest absolute Gasteiger partial charge is 0.446 e. The van der Waals surface area contributed by atoms with Crippen molar-refractivity contribution in [1.29, 1.82) is 0 Å². The van der Waals surface area contributed by atoms with Crippen molar-refractivity contribution in [3.8, 4) is 0 Å². The second-order valence-electron chi connectivity index (χ2n) is 6.86. The van der Waals surface area contributed by atoms with Gasteiger partial charge in [0.05, 0.1) is 5.92 Å². The van der Waals surface area contributed by atoms with E-state index in [1.807, 2.05) is 53.2 Å². The van der Waals surface area contributed by atoms with Gasteiger partial charge >= 0.3 is 5.51 Å². The van der Waals surface area contributed by atoms with Crippen molar-refractivity contribution in [2.45, 2.75) is 22.9 Å². The number of nitrogens with zero attached hydrogens (tertiary/aromatic N) is 2. The standard InChI is InChI=1S/C24H19F3N2S/c25-24(26,27)30-21-13-7-8-18(16-21)17-29-15-14-28-23(29)22(19-9-3-1-4-10-19)20-11-5-2-6-12-20/h1-16,22H,17H2. The molecule has 0 radical (unpaired) electrons. The number of imidazole rings is 1. The van der Waals surface area contributed by atoms with E-state index in [-0.39, 0.29) is 22.6 Å². The van der Waals surface area contributed by atoms with Crippen molar-refractivity contribution in [1.82, 2.24) is 9.55 Å². The van der Waals surface area contributed by atoms with Gasteiger partial charge in [-0.2, -0.15) is 13.2 Å². The molecule has 2 nitrogen and oxygen atoms in total. The number of benzene rings is 3. The van der Waals surface area contributed by atoms with Crippen molar-refractivity contribution in [3.05, 3.63) is 120 Å². The summed E-state index contributed by atoms with van der Waals surface area (Å²) in [6.07, 6.45) is 3.61. The summed E-state index contributed by atoms with van der Waals surface area (Å²) >= 11 is -0.0931. The first-order valence-corrected chi connectivity index (χ1v) is 10.3. The first-order chi connectivity index (χ1) is 14.5. The molecule has 30 heavy (non-hydrogen) atoms. The number of hydrogen-bond acceptors (Lipinski definition) is 2. The van der Waals surface area contributed by atoms with Crippen molar-refractivity contribution in [2.24, 2.45) is 0 Å². The van der Waals surface area contributed by atoms with Crippen molar-refractivity contribution in [3.63, 3.8) is 0 Å². The lowest BCUT2D eigenvalue weighted by atomic mass is 9.90. The Balaban J connectivity index is 1.69. The molecule has 1 heterocycles. The third kappa shape index (κ3) is 4.94. The molecule has 4 rings (SSSR count). The lowest BCUT2D eigenvalue weighted by Gasteiger charge is -2.20. The van der Waals surface area contributed by atoms with E-state index < -0.39 is 5.51 Å². The Labute approximate surface area is 177 Å². The Bertz CT molecular complexity index is 1050. The smallest absolute Gasteiger partial charge is 0.330 e. The summed E-state index contributed by atoms with van der Waals surface area (Å²) in [5.41, 5.74) is -1.29. The molecule has 4 aromatic rings. The number of alkyl halides is 3. The van der Waals surface area contributed by atoms with Gasteiger partial charge in [-0.25, -0.2) is 4.98 Å². The Morgan fingerprint density at radius 2 is 1.47 bits per heavy atom. The van der Waals surface area contributed by atoms with Crippen LogP contribution in [0.2, 0.25) is 0 Å². The molecule has 3 aromatic carbocycles. The molecule has 6 heteroatoms. The maximum atomic E-state index is 12.7. The van der Waals surface area contributed by atoms with Crippen LogP contribution in [0.1, 0.15) is 28.4 Å². The summed E-state index contributed by atoms with van der Waals surface area (Å²) in [6.45, 7) is 0.442. The third-order valence-electron chi connectivity index (χ3n) is 4.76. The van der Waals surface area contributed by atoms with Crippen molar-refractivity contribution >= 4 is 11.8 Å². The topological polar surface area (TPSA) is 17.8 Å². The van der Waals surface area contributed by atoms with Crippen LogP contribution in [0.3, 0.4) is 0 Å². The number of rotatable bonds is 6. The number of aromatic nitrogens is 2. The fourth-order valence-electron chi connectivity index (χ4n) is 3.53. The predicted molar refractivity (Wildman–Crippen MR) is 114 cm³/mol. The van der Waals surface area contributed by atoms with Crippen LogP contribution in [0.15, 0.2) is 102 Å². The second-order valence-corrected chi connectivity index (χ2v) is 8.00. The van der Waals surface area contributed by atoms with Gasteiger partial charge in [0, 0.05) is 23.8 Å². The molecule has 0 fully saturated rings. The highest BCUT2D eigenvalue weighted by molar-refractivity contribution is 8.00. The van der Waals surface area contributed by atoms with Gasteiger partial charge in [-0.05, 0) is 40.6 Å². The van der Waals surface area contributed by atoms with Crippen LogP contribution in [0.25, 0.3) is 0 Å². The molecule has 0 aliphatic rings. The minimum Gasteiger partial charge on any atom is -0.330 e. The minimum atomic E-state index is -4.30. The normalized spacial score (nSPS) is 11.7. The summed E-state index contributed by atoms with van der Waals surface area (Å²) in [7, 11) is 0. The van der Waals surface area contributed by atoms with Gasteiger partial charge in [-0.1, -0.05) is 72.8 Å². The molecule has 0 aliphatic carbocycles. The Morgan fingerprint density at radius 1 is 0.833 bits per heavy atom. The summed E-state index contributed by atoms with van der Waals surface area (Å²) in [5, 5.41) is 0. The molecule has 0 spiro atoms. The zero-order valence-corrected chi connectivity index (χ0v) is 16.8. The van der Waals surface area contributed by atoms with Gasteiger partial charge < -0.3 is 4.57 Å². The molecule has 0 bridgehead atoms. The number of halogens is 3. The van der Waals surface area contributed by atoms with E-state index in [0.717, 1.165) is 22.5 Å². The van der Waals surface area contributed by atoms with Crippen LogP contribution in [0, 0.1) is 0 Å². The zero-order chi connectivity index (χ0) is 21.0. The average Bonchev–Trinajstić information content (AvgIpc) is 3.16. The van der Waals surface area contributed by atoms with Crippen LogP contribution >= 0.6 is 11.8 Å². The molecule has 0 N–H and O–H groups in total. The summed E-state index contributed by atoms with van der Waals surface area (Å²) in [5.74, 6) is 0.774. The van der Waals surface area contributed by atoms with E-state index in [2.05, 4.69) is 29.2 Å². The highest BCUT2D eigenvalue weighted by atomic mass is 32.2. The Morgan fingerprint density at radius 3 is 2.07 bits per heavy atom. The van der Waals surface area contributed by atoms with Crippen LogP contribution in [-0.4, -0.2) is 15.1 Å². The van der Waals surface area contributed by atoms with Crippen LogP contribution in [0.4, 0.5) is 13.2 Å². The zero-order valence-electron chi connectivity index (χ0n) is 16.0. The molecule has 152 valence electrons. The SMILES string of the molecule is FC(F)(F)Sc1cccc(Cn2ccnc2C(c2ccccc2)c2ccccc2)c1. The van der Waals surface area contributed by atoms with Crippen molar-refractivity contribution < 1.29 is 13.2 Å². The van der Waals surface area contributed by atoms with Gasteiger partial charge in [-0.15, -0.1) is 0 Å². The van der Waals surface area contributed by atoms with Crippen LogP contribution < -0.4 is 0 Å². The first-order valence-electron chi connectivity index (χ1n) is 9.45. The molecule has 0 unspecified atom stereocenters.